The lowest BCUT2D eigenvalue weighted by Gasteiger charge is -2.19. The first-order valence-electron chi connectivity index (χ1n) is 14.0. The molecule has 4 aromatic carbocycles. The summed E-state index contributed by atoms with van der Waals surface area (Å²) in [7, 11) is 1.35. The average Bonchev–Trinajstić information content (AvgIpc) is 3.40. The molecule has 228 valence electrons. The van der Waals surface area contributed by atoms with Gasteiger partial charge >= 0.3 is 11.9 Å². The van der Waals surface area contributed by atoms with Crippen molar-refractivity contribution in [2.24, 2.45) is 0 Å². The van der Waals surface area contributed by atoms with Crippen molar-refractivity contribution in [2.45, 2.75) is 20.8 Å². The summed E-state index contributed by atoms with van der Waals surface area (Å²) < 4.78 is 10.6. The van der Waals surface area contributed by atoms with Gasteiger partial charge in [-0.15, -0.1) is 0 Å². The van der Waals surface area contributed by atoms with Gasteiger partial charge in [-0.2, -0.15) is 0 Å². The third kappa shape index (κ3) is 4.93. The molecule has 0 saturated heterocycles. The van der Waals surface area contributed by atoms with E-state index in [9.17, 15) is 33.6 Å². The number of benzene rings is 4. The maximum absolute atomic E-state index is 13.8. The van der Waals surface area contributed by atoms with Crippen LogP contribution in [0.1, 0.15) is 76.8 Å². The number of amides is 4. The zero-order valence-electron chi connectivity index (χ0n) is 25.0. The molecule has 11 heteroatoms. The van der Waals surface area contributed by atoms with Crippen LogP contribution in [0.3, 0.4) is 0 Å². The Morgan fingerprint density at radius 2 is 1.04 bits per heavy atom. The summed E-state index contributed by atoms with van der Waals surface area (Å²) in [5, 5.41) is 0. The van der Waals surface area contributed by atoms with Gasteiger partial charge in [0.05, 0.1) is 27.9 Å². The molecule has 4 aromatic rings. The molecule has 0 unspecified atom stereocenters. The molecule has 0 bridgehead atoms. The summed E-state index contributed by atoms with van der Waals surface area (Å²) in [5.74, 6) is -3.72. The highest BCUT2D eigenvalue weighted by Crippen LogP contribution is 2.39. The lowest BCUT2D eigenvalue weighted by Crippen LogP contribution is -2.30. The lowest BCUT2D eigenvalue weighted by atomic mass is 9.96. The molecule has 0 atom stereocenters. The number of hydrogen-bond acceptors (Lipinski definition) is 9. The summed E-state index contributed by atoms with van der Waals surface area (Å²) in [6.45, 7) is 4.25. The second-order valence-electron chi connectivity index (χ2n) is 10.8. The highest BCUT2D eigenvalue weighted by atomic mass is 16.5. The second kappa shape index (κ2) is 11.0. The molecule has 0 aromatic heterocycles. The van der Waals surface area contributed by atoms with Gasteiger partial charge in [0, 0.05) is 32.0 Å². The fraction of sp³-hybridized carbons (Fsp3) is 0.114. The minimum Gasteiger partial charge on any atom is -0.426 e. The Balaban J connectivity index is 1.36. The maximum Gasteiger partial charge on any atom is 0.308 e. The third-order valence-electron chi connectivity index (χ3n) is 7.72. The van der Waals surface area contributed by atoms with Crippen molar-refractivity contribution in [1.29, 1.82) is 0 Å². The topological polar surface area (TPSA) is 144 Å². The molecular formula is C35H24N2O9. The largest absolute Gasteiger partial charge is 0.426 e. The number of hydrogen-bond donors (Lipinski definition) is 0. The van der Waals surface area contributed by atoms with E-state index < -0.39 is 41.4 Å². The maximum atomic E-state index is 13.8. The van der Waals surface area contributed by atoms with Crippen LogP contribution < -0.4 is 14.4 Å². The van der Waals surface area contributed by atoms with Gasteiger partial charge in [-0.1, -0.05) is 24.3 Å². The number of esters is 2. The number of aryl methyl sites for hydroxylation is 1. The fourth-order valence-electron chi connectivity index (χ4n) is 5.48. The van der Waals surface area contributed by atoms with Crippen molar-refractivity contribution < 1.29 is 43.0 Å². The van der Waals surface area contributed by atoms with Crippen molar-refractivity contribution in [1.82, 2.24) is 4.90 Å². The molecule has 2 heterocycles. The van der Waals surface area contributed by atoms with Crippen LogP contribution in [-0.4, -0.2) is 53.3 Å². The van der Waals surface area contributed by atoms with E-state index >= 15 is 0 Å². The predicted octanol–water partition coefficient (Wildman–Crippen LogP) is 4.77. The monoisotopic (exact) mass is 616 g/mol. The van der Waals surface area contributed by atoms with Gasteiger partial charge in [-0.25, -0.2) is 4.90 Å². The molecule has 4 amide bonds. The number of carbonyl (C=O) groups excluding carboxylic acids is 7. The van der Waals surface area contributed by atoms with Crippen LogP contribution in [0.4, 0.5) is 5.69 Å². The van der Waals surface area contributed by atoms with Gasteiger partial charge in [0.15, 0.2) is 11.5 Å². The van der Waals surface area contributed by atoms with Crippen molar-refractivity contribution in [3.8, 4) is 22.6 Å². The van der Waals surface area contributed by atoms with E-state index in [0.29, 0.717) is 22.4 Å². The summed E-state index contributed by atoms with van der Waals surface area (Å²) in [6, 6.07) is 18.0. The van der Waals surface area contributed by atoms with Crippen LogP contribution in [0.2, 0.25) is 0 Å². The average molecular weight is 617 g/mol. The van der Waals surface area contributed by atoms with Crippen LogP contribution in [0.5, 0.6) is 11.5 Å². The minimum absolute atomic E-state index is 0.0133. The molecule has 0 saturated carbocycles. The van der Waals surface area contributed by atoms with E-state index in [-0.39, 0.29) is 44.8 Å². The number of nitrogens with zero attached hydrogens (tertiary/aromatic N) is 2. The van der Waals surface area contributed by atoms with Gasteiger partial charge in [-0.3, -0.25) is 38.5 Å². The Kier molecular flexibility index (Phi) is 7.16. The Morgan fingerprint density at radius 1 is 0.565 bits per heavy atom. The van der Waals surface area contributed by atoms with E-state index in [2.05, 4.69) is 0 Å². The first-order chi connectivity index (χ1) is 21.8. The molecule has 0 N–H and O–H groups in total. The molecule has 2 aliphatic rings. The van der Waals surface area contributed by atoms with Crippen molar-refractivity contribution in [3.63, 3.8) is 0 Å². The Labute approximate surface area is 261 Å². The number of imide groups is 2. The molecule has 6 rings (SSSR count). The number of ketones is 1. The predicted molar refractivity (Wildman–Crippen MR) is 163 cm³/mol. The van der Waals surface area contributed by atoms with Crippen LogP contribution in [0.15, 0.2) is 72.8 Å². The van der Waals surface area contributed by atoms with Gasteiger partial charge in [0.1, 0.15) is 5.75 Å². The number of anilines is 1. The summed E-state index contributed by atoms with van der Waals surface area (Å²) in [5.41, 5.74) is 2.44. The number of carbonyl (C=O) groups is 7. The quantitative estimate of drug-likeness (QED) is 0.129. The van der Waals surface area contributed by atoms with E-state index in [4.69, 9.17) is 9.47 Å². The zero-order chi connectivity index (χ0) is 33.0. The van der Waals surface area contributed by atoms with Crippen molar-refractivity contribution >= 4 is 47.0 Å². The number of ether oxygens (including phenoxy) is 2. The highest BCUT2D eigenvalue weighted by Gasteiger charge is 2.39. The van der Waals surface area contributed by atoms with Crippen molar-refractivity contribution in [3.05, 3.63) is 112 Å². The first-order valence-corrected chi connectivity index (χ1v) is 14.0. The van der Waals surface area contributed by atoms with Gasteiger partial charge in [-0.05, 0) is 72.1 Å². The van der Waals surface area contributed by atoms with E-state index in [1.807, 2.05) is 0 Å². The van der Waals surface area contributed by atoms with Crippen LogP contribution in [0.25, 0.3) is 11.1 Å². The van der Waals surface area contributed by atoms with Gasteiger partial charge in [0.25, 0.3) is 23.6 Å². The van der Waals surface area contributed by atoms with Gasteiger partial charge in [0.2, 0.25) is 0 Å². The smallest absolute Gasteiger partial charge is 0.308 e. The fourth-order valence-corrected chi connectivity index (χ4v) is 5.48. The lowest BCUT2D eigenvalue weighted by molar-refractivity contribution is -0.132. The van der Waals surface area contributed by atoms with Crippen LogP contribution in [0, 0.1) is 6.92 Å². The summed E-state index contributed by atoms with van der Waals surface area (Å²) in [6.07, 6.45) is 0. The highest BCUT2D eigenvalue weighted by molar-refractivity contribution is 6.35. The molecule has 11 nitrogen and oxygen atoms in total. The van der Waals surface area contributed by atoms with Crippen LogP contribution in [-0.2, 0) is 9.59 Å². The van der Waals surface area contributed by atoms with Crippen molar-refractivity contribution in [2.75, 3.05) is 11.9 Å². The molecule has 46 heavy (non-hydrogen) atoms. The summed E-state index contributed by atoms with van der Waals surface area (Å²) in [4.78, 5) is 90.8. The standard InChI is InChI=1S/C35H24N2O9/c1-17-13-20(7-11-29(17)45-18(2)38)21-8-12-30(46-19(3)39)28(16-21)37-34(43)25-10-6-23(15-27(25)35(37)44)31(40)22-5-9-24-26(14-22)33(42)36(4)32(24)41/h5-16H,1-4H3. The minimum atomic E-state index is -0.738. The van der Waals surface area contributed by atoms with E-state index in [1.165, 1.54) is 69.4 Å². The Bertz CT molecular complexity index is 2100. The molecule has 0 radical (unpaired) electrons. The third-order valence-corrected chi connectivity index (χ3v) is 7.72. The van der Waals surface area contributed by atoms with E-state index in [0.717, 1.165) is 9.80 Å². The zero-order valence-corrected chi connectivity index (χ0v) is 25.0. The molecular weight excluding hydrogens is 592 g/mol. The van der Waals surface area contributed by atoms with Crippen LogP contribution >= 0.6 is 0 Å². The first kappa shape index (κ1) is 29.8. The van der Waals surface area contributed by atoms with E-state index in [1.54, 1.807) is 31.2 Å². The number of rotatable bonds is 6. The molecule has 2 aliphatic heterocycles. The summed E-state index contributed by atoms with van der Waals surface area (Å²) >= 11 is 0. The van der Waals surface area contributed by atoms with Gasteiger partial charge < -0.3 is 9.47 Å². The number of fused-ring (bicyclic) bond motifs is 2. The molecule has 0 spiro atoms. The Morgan fingerprint density at radius 3 is 1.63 bits per heavy atom. The normalized spacial score (nSPS) is 13.6. The Hall–Kier alpha value is -6.23. The second-order valence-corrected chi connectivity index (χ2v) is 10.8. The molecule has 0 fully saturated rings. The molecule has 0 aliphatic carbocycles. The SMILES string of the molecule is CC(=O)Oc1ccc(-c2ccc(OC(C)=O)c(N3C(=O)c4ccc(C(=O)c5ccc6c(c5)C(=O)N(C)C6=O)cc4C3=O)c2)cc1C.